The van der Waals surface area contributed by atoms with Gasteiger partial charge in [-0.1, -0.05) is 44.1 Å². The molecule has 96 valence electrons. The lowest BCUT2D eigenvalue weighted by Crippen LogP contribution is -2.27. The van der Waals surface area contributed by atoms with Crippen LogP contribution in [0.4, 0.5) is 0 Å². The predicted molar refractivity (Wildman–Crippen MR) is 78.2 cm³/mol. The van der Waals surface area contributed by atoms with E-state index in [-0.39, 0.29) is 0 Å². The zero-order valence-corrected chi connectivity index (χ0v) is 11.9. The van der Waals surface area contributed by atoms with Gasteiger partial charge < -0.3 is 0 Å². The van der Waals surface area contributed by atoms with Gasteiger partial charge in [-0.15, -0.1) is 0 Å². The molecule has 0 radical (unpaired) electrons. The normalized spacial score (nSPS) is 28.5. The van der Waals surface area contributed by atoms with E-state index in [9.17, 15) is 0 Å². The SMILES string of the molecule is CCCCC1CC2C=CC1c1c(C)ccc(C)c12. The van der Waals surface area contributed by atoms with Gasteiger partial charge in [-0.25, -0.2) is 0 Å². The van der Waals surface area contributed by atoms with E-state index >= 15 is 0 Å². The highest BCUT2D eigenvalue weighted by Crippen LogP contribution is 2.51. The van der Waals surface area contributed by atoms with Crippen molar-refractivity contribution in [3.05, 3.63) is 46.5 Å². The Morgan fingerprint density at radius 1 is 1.06 bits per heavy atom. The van der Waals surface area contributed by atoms with E-state index in [1.165, 1.54) is 36.8 Å². The molecule has 0 heterocycles. The minimum Gasteiger partial charge on any atom is -0.0804 e. The monoisotopic (exact) mass is 240 g/mol. The van der Waals surface area contributed by atoms with Gasteiger partial charge >= 0.3 is 0 Å². The second-order valence-electron chi connectivity index (χ2n) is 6.18. The fraction of sp³-hybridized carbons (Fsp3) is 0.556. The lowest BCUT2D eigenvalue weighted by atomic mass is 9.62. The number of allylic oxidation sites excluding steroid dienone is 2. The summed E-state index contributed by atoms with van der Waals surface area (Å²) in [5.41, 5.74) is 6.35. The molecule has 0 N–H and O–H groups in total. The Balaban J connectivity index is 2.01. The lowest BCUT2D eigenvalue weighted by Gasteiger charge is -2.42. The van der Waals surface area contributed by atoms with Gasteiger partial charge in [-0.3, -0.25) is 0 Å². The number of hydrogen-bond donors (Lipinski definition) is 0. The highest BCUT2D eigenvalue weighted by Gasteiger charge is 2.37. The molecule has 2 bridgehead atoms. The van der Waals surface area contributed by atoms with Gasteiger partial charge in [0.05, 0.1) is 0 Å². The van der Waals surface area contributed by atoms with Gasteiger partial charge in [-0.2, -0.15) is 0 Å². The van der Waals surface area contributed by atoms with Crippen LogP contribution in [0.15, 0.2) is 24.3 Å². The van der Waals surface area contributed by atoms with E-state index in [2.05, 4.69) is 45.1 Å². The Hall–Kier alpha value is -1.04. The first-order valence-corrected chi connectivity index (χ1v) is 7.50. The van der Waals surface area contributed by atoms with Crippen LogP contribution in [-0.2, 0) is 0 Å². The summed E-state index contributed by atoms with van der Waals surface area (Å²) in [5, 5.41) is 0. The van der Waals surface area contributed by atoms with E-state index in [1.807, 2.05) is 0 Å². The van der Waals surface area contributed by atoms with Crippen molar-refractivity contribution in [3.63, 3.8) is 0 Å². The fourth-order valence-corrected chi connectivity index (χ4v) is 4.06. The summed E-state index contributed by atoms with van der Waals surface area (Å²) in [4.78, 5) is 0. The van der Waals surface area contributed by atoms with Crippen molar-refractivity contribution < 1.29 is 0 Å². The molecule has 0 aliphatic heterocycles. The number of hydrogen-bond acceptors (Lipinski definition) is 0. The molecule has 3 aliphatic rings. The Kier molecular flexibility index (Phi) is 3.05. The molecule has 3 unspecified atom stereocenters. The first-order valence-electron chi connectivity index (χ1n) is 7.50. The van der Waals surface area contributed by atoms with Gasteiger partial charge in [0.25, 0.3) is 0 Å². The van der Waals surface area contributed by atoms with Crippen molar-refractivity contribution in [2.24, 2.45) is 5.92 Å². The quantitative estimate of drug-likeness (QED) is 0.633. The van der Waals surface area contributed by atoms with Gasteiger partial charge in [0.1, 0.15) is 0 Å². The summed E-state index contributed by atoms with van der Waals surface area (Å²) in [6, 6.07) is 4.63. The summed E-state index contributed by atoms with van der Waals surface area (Å²) in [6.07, 6.45) is 10.5. The lowest BCUT2D eigenvalue weighted by molar-refractivity contribution is 0.343. The molecular weight excluding hydrogens is 216 g/mol. The van der Waals surface area contributed by atoms with Crippen molar-refractivity contribution in [2.45, 2.75) is 58.3 Å². The van der Waals surface area contributed by atoms with Crippen LogP contribution in [0.2, 0.25) is 0 Å². The number of benzene rings is 1. The highest BCUT2D eigenvalue weighted by atomic mass is 14.4. The van der Waals surface area contributed by atoms with Crippen molar-refractivity contribution in [2.75, 3.05) is 0 Å². The molecule has 4 rings (SSSR count). The molecule has 0 aromatic heterocycles. The topological polar surface area (TPSA) is 0 Å². The van der Waals surface area contributed by atoms with Crippen LogP contribution in [-0.4, -0.2) is 0 Å². The zero-order chi connectivity index (χ0) is 12.7. The Morgan fingerprint density at radius 2 is 1.78 bits per heavy atom. The largest absolute Gasteiger partial charge is 0.0804 e. The van der Waals surface area contributed by atoms with E-state index in [0.29, 0.717) is 11.8 Å². The maximum Gasteiger partial charge on any atom is 0.00524 e. The summed E-state index contributed by atoms with van der Waals surface area (Å²) in [5.74, 6) is 2.30. The van der Waals surface area contributed by atoms with Crippen molar-refractivity contribution in [1.29, 1.82) is 0 Å². The molecule has 18 heavy (non-hydrogen) atoms. The van der Waals surface area contributed by atoms with Crippen LogP contribution in [0.25, 0.3) is 0 Å². The van der Waals surface area contributed by atoms with Crippen LogP contribution < -0.4 is 0 Å². The number of unbranched alkanes of at least 4 members (excludes halogenated alkanes) is 1. The number of fused-ring (bicyclic) bond motifs is 1. The zero-order valence-electron chi connectivity index (χ0n) is 11.9. The summed E-state index contributed by atoms with van der Waals surface area (Å²) < 4.78 is 0. The third kappa shape index (κ3) is 1.74. The fourth-order valence-electron chi connectivity index (χ4n) is 4.06. The molecule has 3 atom stereocenters. The number of rotatable bonds is 3. The van der Waals surface area contributed by atoms with E-state index in [4.69, 9.17) is 0 Å². The van der Waals surface area contributed by atoms with E-state index in [1.54, 1.807) is 11.1 Å². The third-order valence-electron chi connectivity index (χ3n) is 4.97. The molecule has 0 fully saturated rings. The smallest absolute Gasteiger partial charge is 0.00524 e. The highest BCUT2D eigenvalue weighted by molar-refractivity contribution is 5.52. The summed E-state index contributed by atoms with van der Waals surface area (Å²) >= 11 is 0. The van der Waals surface area contributed by atoms with Crippen molar-refractivity contribution >= 4 is 0 Å². The maximum atomic E-state index is 2.50. The average molecular weight is 240 g/mol. The molecule has 0 saturated carbocycles. The Labute approximate surface area is 111 Å². The summed E-state index contributed by atoms with van der Waals surface area (Å²) in [6.45, 7) is 6.89. The maximum absolute atomic E-state index is 2.50. The van der Waals surface area contributed by atoms with Crippen molar-refractivity contribution in [3.8, 4) is 0 Å². The minimum absolute atomic E-state index is 0.701. The van der Waals surface area contributed by atoms with Gasteiger partial charge in [0, 0.05) is 11.8 Å². The minimum atomic E-state index is 0.701. The second-order valence-corrected chi connectivity index (χ2v) is 6.18. The van der Waals surface area contributed by atoms with Crippen LogP contribution in [0.1, 0.15) is 66.7 Å². The van der Waals surface area contributed by atoms with Crippen LogP contribution in [0.3, 0.4) is 0 Å². The van der Waals surface area contributed by atoms with Crippen LogP contribution in [0, 0.1) is 19.8 Å². The second kappa shape index (κ2) is 4.57. The molecule has 0 heteroatoms. The number of aryl methyl sites for hydroxylation is 2. The van der Waals surface area contributed by atoms with Crippen LogP contribution in [0.5, 0.6) is 0 Å². The van der Waals surface area contributed by atoms with Crippen molar-refractivity contribution in [1.82, 2.24) is 0 Å². The molecule has 0 saturated heterocycles. The molecule has 0 amide bonds. The molecule has 3 aliphatic carbocycles. The third-order valence-corrected chi connectivity index (χ3v) is 4.97. The standard InChI is InChI=1S/C18H24/c1-4-5-6-14-11-15-9-10-16(14)18-13(3)8-7-12(2)17(15)18/h7-10,14-16H,4-6,11H2,1-3H3. The average Bonchev–Trinajstić information content (AvgIpc) is 2.41. The first-order chi connectivity index (χ1) is 8.72. The molecule has 0 spiro atoms. The Morgan fingerprint density at radius 3 is 2.50 bits per heavy atom. The van der Waals surface area contributed by atoms with E-state index < -0.39 is 0 Å². The van der Waals surface area contributed by atoms with E-state index in [0.717, 1.165) is 5.92 Å². The Bertz CT molecular complexity index is 481. The van der Waals surface area contributed by atoms with Gasteiger partial charge in [-0.05, 0) is 54.9 Å². The summed E-state index contributed by atoms with van der Waals surface area (Å²) in [7, 11) is 0. The molecule has 1 aromatic rings. The molecule has 1 aromatic carbocycles. The van der Waals surface area contributed by atoms with Gasteiger partial charge in [0.2, 0.25) is 0 Å². The molecular formula is C18H24. The molecule has 0 nitrogen and oxygen atoms in total. The van der Waals surface area contributed by atoms with Gasteiger partial charge in [0.15, 0.2) is 0 Å². The first kappa shape index (κ1) is 12.0. The van der Waals surface area contributed by atoms with Crippen LogP contribution >= 0.6 is 0 Å². The predicted octanol–water partition coefficient (Wildman–Crippen LogP) is 5.25.